The third-order valence-electron chi connectivity index (χ3n) is 7.49. The molecular formula is C32H28FN5O6S2. The van der Waals surface area contributed by atoms with Crippen LogP contribution in [0.1, 0.15) is 41.5 Å². The molecule has 0 bridgehead atoms. The molecule has 0 radical (unpaired) electrons. The van der Waals surface area contributed by atoms with E-state index in [1.807, 2.05) is 0 Å². The van der Waals surface area contributed by atoms with Crippen LogP contribution in [0, 0.1) is 12.4 Å². The van der Waals surface area contributed by atoms with Gasteiger partial charge in [-0.2, -0.15) is 0 Å². The van der Waals surface area contributed by atoms with Crippen molar-refractivity contribution in [2.45, 2.75) is 48.8 Å². The van der Waals surface area contributed by atoms with Gasteiger partial charge in [-0.25, -0.2) is 27.4 Å². The lowest BCUT2D eigenvalue weighted by Crippen LogP contribution is -2.41. The average molecular weight is 662 g/mol. The predicted molar refractivity (Wildman–Crippen MR) is 170 cm³/mol. The molecule has 1 aromatic heterocycles. The Balaban J connectivity index is 1.17. The van der Waals surface area contributed by atoms with Gasteiger partial charge in [-0.15, -0.1) is 11.3 Å². The van der Waals surface area contributed by atoms with Crippen molar-refractivity contribution >= 4 is 60.7 Å². The number of aromatic nitrogens is 1. The summed E-state index contributed by atoms with van der Waals surface area (Å²) in [6.07, 6.45) is 1.94. The van der Waals surface area contributed by atoms with Crippen molar-refractivity contribution in [3.05, 3.63) is 88.5 Å². The molecule has 2 fully saturated rings. The number of anilines is 1. The molecule has 1 atom stereocenters. The van der Waals surface area contributed by atoms with Gasteiger partial charge in [0.1, 0.15) is 17.4 Å². The van der Waals surface area contributed by atoms with E-state index in [0.29, 0.717) is 40.0 Å². The van der Waals surface area contributed by atoms with E-state index in [0.717, 1.165) is 24.2 Å². The summed E-state index contributed by atoms with van der Waals surface area (Å²) in [6, 6.07) is 16.0. The minimum atomic E-state index is -3.94. The van der Waals surface area contributed by atoms with Gasteiger partial charge in [0.25, 0.3) is 0 Å². The van der Waals surface area contributed by atoms with Crippen LogP contribution >= 0.6 is 11.3 Å². The van der Waals surface area contributed by atoms with E-state index < -0.39 is 44.1 Å². The number of carbonyl (C=O) groups is 3. The van der Waals surface area contributed by atoms with Crippen LogP contribution in [0.5, 0.6) is 0 Å². The minimum Gasteiger partial charge on any atom is -0.444 e. The Bertz CT molecular complexity index is 1980. The Morgan fingerprint density at radius 2 is 1.83 bits per heavy atom. The Kier molecular flexibility index (Phi) is 8.70. The number of hydrogen-bond acceptors (Lipinski definition) is 8. The number of halogens is 1. The highest BCUT2D eigenvalue weighted by atomic mass is 32.2. The maximum Gasteiger partial charge on any atom is 0.411 e. The monoisotopic (exact) mass is 661 g/mol. The van der Waals surface area contributed by atoms with Crippen molar-refractivity contribution < 1.29 is 31.9 Å². The summed E-state index contributed by atoms with van der Waals surface area (Å²) in [4.78, 5) is 45.3. The van der Waals surface area contributed by atoms with Gasteiger partial charge >= 0.3 is 6.09 Å². The summed E-state index contributed by atoms with van der Waals surface area (Å²) in [5.74, 6) is -1.83. The lowest BCUT2D eigenvalue weighted by molar-refractivity contribution is -0.126. The lowest BCUT2D eigenvalue weighted by Gasteiger charge is -2.15. The third-order valence-corrected chi connectivity index (χ3v) is 11.2. The number of nitrogens with zero attached hydrogens (tertiary/aromatic N) is 2. The van der Waals surface area contributed by atoms with Gasteiger partial charge in [-0.3, -0.25) is 14.9 Å². The number of thiazole rings is 1. The van der Waals surface area contributed by atoms with Crippen LogP contribution in [0.4, 0.5) is 20.6 Å². The predicted octanol–water partition coefficient (Wildman–Crippen LogP) is 5.41. The molecule has 0 aliphatic heterocycles. The first-order chi connectivity index (χ1) is 22.1. The number of ether oxygens (including phenoxy) is 1. The molecule has 0 spiro atoms. The summed E-state index contributed by atoms with van der Waals surface area (Å²) >= 11 is 0.987. The van der Waals surface area contributed by atoms with Crippen LogP contribution in [-0.2, 0) is 30.8 Å². The molecule has 4 aromatic rings. The van der Waals surface area contributed by atoms with Gasteiger partial charge in [-0.05, 0) is 61.1 Å². The van der Waals surface area contributed by atoms with Crippen molar-refractivity contribution in [2.24, 2.45) is 0 Å². The van der Waals surface area contributed by atoms with E-state index in [-0.39, 0.29) is 35.3 Å². The number of carbonyl (C=O) groups excluding carboxylic acids is 3. The fraction of sp³-hybridized carbons (Fsp3) is 0.281. The van der Waals surface area contributed by atoms with Gasteiger partial charge in [0.05, 0.1) is 28.6 Å². The number of hydrogen-bond donors (Lipinski definition) is 3. The molecule has 2 saturated carbocycles. The highest BCUT2D eigenvalue weighted by Gasteiger charge is 2.47. The largest absolute Gasteiger partial charge is 0.444 e. The summed E-state index contributed by atoms with van der Waals surface area (Å²) in [5.41, 5.74) is 2.44. The summed E-state index contributed by atoms with van der Waals surface area (Å²) in [6.45, 7) is 6.71. The third kappa shape index (κ3) is 7.16. The zero-order valence-electron chi connectivity index (χ0n) is 24.3. The van der Waals surface area contributed by atoms with Crippen LogP contribution in [0.2, 0.25) is 0 Å². The molecular weight excluding hydrogens is 634 g/mol. The Morgan fingerprint density at radius 3 is 2.52 bits per heavy atom. The van der Waals surface area contributed by atoms with Crippen LogP contribution < -0.4 is 16.0 Å². The second-order valence-corrected chi connectivity index (χ2v) is 14.5. The van der Waals surface area contributed by atoms with Crippen LogP contribution in [0.3, 0.4) is 0 Å². The number of rotatable bonds is 11. The van der Waals surface area contributed by atoms with Gasteiger partial charge in [0.15, 0.2) is 20.8 Å². The fourth-order valence-electron chi connectivity index (χ4n) is 4.81. The number of sulfone groups is 1. The van der Waals surface area contributed by atoms with Crippen molar-refractivity contribution in [3.63, 3.8) is 0 Å². The topological polar surface area (TPSA) is 148 Å². The summed E-state index contributed by atoms with van der Waals surface area (Å²) in [5, 5.41) is 5.54. The van der Waals surface area contributed by atoms with Gasteiger partial charge in [0, 0.05) is 23.4 Å². The number of nitrogens with one attached hydrogen (secondary N) is 3. The van der Waals surface area contributed by atoms with E-state index in [4.69, 9.17) is 11.3 Å². The minimum absolute atomic E-state index is 0.0115. The fourth-order valence-corrected chi connectivity index (χ4v) is 8.22. The SMILES string of the molecule is [C-]#[N+]c1cccc(COC(=O)Nc2ccc(-c3cc4sc(C(C(=O)NCC(=O)NC5CC5)S(=O)(=O)C5CC5)nc4cc3F)cc2)c1. The second kappa shape index (κ2) is 12.9. The van der Waals surface area contributed by atoms with Crippen molar-refractivity contribution in [2.75, 3.05) is 11.9 Å². The number of fused-ring (bicyclic) bond motifs is 1. The Hall–Kier alpha value is -4.87. The molecule has 14 heteroatoms. The Labute approximate surface area is 267 Å². The normalized spacial score (nSPS) is 15.0. The van der Waals surface area contributed by atoms with Gasteiger partial charge in [0.2, 0.25) is 11.8 Å². The second-order valence-electron chi connectivity index (χ2n) is 11.1. The highest BCUT2D eigenvalue weighted by molar-refractivity contribution is 7.93. The maximum absolute atomic E-state index is 15.3. The zero-order chi connectivity index (χ0) is 32.4. The molecule has 6 rings (SSSR count). The molecule has 3 amide bonds. The first kappa shape index (κ1) is 31.1. The summed E-state index contributed by atoms with van der Waals surface area (Å²) in [7, 11) is -3.94. The quantitative estimate of drug-likeness (QED) is 0.182. The first-order valence-electron chi connectivity index (χ1n) is 14.5. The summed E-state index contributed by atoms with van der Waals surface area (Å²) < 4.78 is 47.7. The molecule has 11 nitrogen and oxygen atoms in total. The van der Waals surface area contributed by atoms with E-state index in [2.05, 4.69) is 25.8 Å². The van der Waals surface area contributed by atoms with Crippen molar-refractivity contribution in [1.82, 2.24) is 15.6 Å². The first-order valence-corrected chi connectivity index (χ1v) is 16.9. The van der Waals surface area contributed by atoms with E-state index in [9.17, 15) is 22.8 Å². The molecule has 2 aliphatic carbocycles. The Morgan fingerprint density at radius 1 is 1.07 bits per heavy atom. The van der Waals surface area contributed by atoms with Crippen molar-refractivity contribution in [3.8, 4) is 11.1 Å². The molecule has 0 saturated heterocycles. The van der Waals surface area contributed by atoms with Crippen LogP contribution in [-0.4, -0.2) is 49.1 Å². The van der Waals surface area contributed by atoms with Gasteiger partial charge in [-0.1, -0.05) is 30.3 Å². The molecule has 3 aromatic carbocycles. The lowest BCUT2D eigenvalue weighted by atomic mass is 10.0. The zero-order valence-corrected chi connectivity index (χ0v) is 25.9. The standard InChI is InChI=1S/C32H28FN5O6S2/c1-34-22-4-2-3-18(13-22)17-44-32(41)37-21-7-5-19(6-8-21)24-14-27-26(15-25(24)33)38-31(45-27)29(46(42,43)23-11-12-23)30(40)35-16-28(39)36-20-9-10-20/h2-8,13-15,20,23,29H,9-12,16-17H2,(H,35,40)(H,36,39)(H,37,41). The molecule has 236 valence electrons. The number of benzene rings is 3. The molecule has 1 heterocycles. The molecule has 2 aliphatic rings. The maximum atomic E-state index is 15.3. The molecule has 1 unspecified atom stereocenters. The van der Waals surface area contributed by atoms with E-state index >= 15 is 4.39 Å². The number of amides is 3. The van der Waals surface area contributed by atoms with E-state index in [1.165, 1.54) is 6.07 Å². The molecule has 46 heavy (non-hydrogen) atoms. The molecule has 3 N–H and O–H groups in total. The highest BCUT2D eigenvalue weighted by Crippen LogP contribution is 2.41. The smallest absolute Gasteiger partial charge is 0.411 e. The van der Waals surface area contributed by atoms with Crippen molar-refractivity contribution in [1.29, 1.82) is 0 Å². The van der Waals surface area contributed by atoms with Crippen LogP contribution in [0.25, 0.3) is 26.2 Å². The average Bonchev–Trinajstić information content (AvgIpc) is 3.98. The van der Waals surface area contributed by atoms with Crippen LogP contribution in [0.15, 0.2) is 60.7 Å². The van der Waals surface area contributed by atoms with Gasteiger partial charge < -0.3 is 15.4 Å². The van der Waals surface area contributed by atoms with E-state index in [1.54, 1.807) is 54.6 Å².